The van der Waals surface area contributed by atoms with Crippen molar-refractivity contribution in [3.05, 3.63) is 63.5 Å². The summed E-state index contributed by atoms with van der Waals surface area (Å²) in [4.78, 5) is 12.5. The fraction of sp³-hybridized carbons (Fsp3) is 0.316. The molecule has 2 aromatic heterocycles. The lowest BCUT2D eigenvalue weighted by molar-refractivity contribution is -0.137. The molecule has 0 unspecified atom stereocenters. The van der Waals surface area contributed by atoms with Gasteiger partial charge >= 0.3 is 5.97 Å². The zero-order chi connectivity index (χ0) is 18.3. The van der Waals surface area contributed by atoms with Crippen molar-refractivity contribution in [2.24, 2.45) is 0 Å². The Morgan fingerprint density at radius 3 is 2.81 bits per heavy atom. The first-order valence-electron chi connectivity index (χ1n) is 8.57. The number of nitrogens with one attached hydrogen (secondary N) is 1. The second-order valence-electron chi connectivity index (χ2n) is 6.56. The summed E-state index contributed by atoms with van der Waals surface area (Å²) in [5.41, 5.74) is 3.79. The van der Waals surface area contributed by atoms with Gasteiger partial charge in [0.2, 0.25) is 0 Å². The van der Waals surface area contributed by atoms with E-state index in [4.69, 9.17) is 0 Å². The SMILES string of the molecule is Cc1sc2c(c1Cc1ccccc1)CN[C@@H](CC(=O)O)c1nnc(C)n1-2. The van der Waals surface area contributed by atoms with Crippen LogP contribution in [-0.2, 0) is 17.8 Å². The highest BCUT2D eigenvalue weighted by Crippen LogP contribution is 2.37. The van der Waals surface area contributed by atoms with Crippen LogP contribution in [0.4, 0.5) is 0 Å². The van der Waals surface area contributed by atoms with Crippen LogP contribution in [0.3, 0.4) is 0 Å². The number of rotatable bonds is 4. The molecule has 2 N–H and O–H groups in total. The van der Waals surface area contributed by atoms with Crippen LogP contribution in [0.25, 0.3) is 5.00 Å². The van der Waals surface area contributed by atoms with Crippen LogP contribution in [-0.4, -0.2) is 25.8 Å². The molecule has 6 nitrogen and oxygen atoms in total. The number of aryl methyl sites for hydroxylation is 2. The Morgan fingerprint density at radius 1 is 1.31 bits per heavy atom. The molecule has 3 heterocycles. The number of thiophene rings is 1. The summed E-state index contributed by atoms with van der Waals surface area (Å²) < 4.78 is 2.02. The molecular weight excluding hydrogens is 348 g/mol. The highest BCUT2D eigenvalue weighted by molar-refractivity contribution is 7.14. The van der Waals surface area contributed by atoms with Crippen LogP contribution >= 0.6 is 11.3 Å². The average molecular weight is 368 g/mol. The predicted molar refractivity (Wildman–Crippen MR) is 99.8 cm³/mol. The van der Waals surface area contributed by atoms with E-state index in [-0.39, 0.29) is 12.5 Å². The van der Waals surface area contributed by atoms with Crippen LogP contribution in [0.2, 0.25) is 0 Å². The number of carboxylic acids is 1. The van der Waals surface area contributed by atoms with Gasteiger partial charge < -0.3 is 10.4 Å². The summed E-state index contributed by atoms with van der Waals surface area (Å²) in [5.74, 6) is 0.615. The van der Waals surface area contributed by atoms with E-state index in [9.17, 15) is 9.90 Å². The number of fused-ring (bicyclic) bond motifs is 3. The summed E-state index contributed by atoms with van der Waals surface area (Å²) in [7, 11) is 0. The molecule has 0 fully saturated rings. The van der Waals surface area contributed by atoms with Gasteiger partial charge in [-0.05, 0) is 31.4 Å². The first kappa shape index (κ1) is 16.9. The van der Waals surface area contributed by atoms with E-state index in [0.29, 0.717) is 12.4 Å². The molecule has 3 aromatic rings. The third kappa shape index (κ3) is 2.93. The first-order chi connectivity index (χ1) is 12.5. The van der Waals surface area contributed by atoms with Crippen molar-refractivity contribution < 1.29 is 9.90 Å². The number of benzene rings is 1. The van der Waals surface area contributed by atoms with Crippen molar-refractivity contribution in [2.75, 3.05) is 0 Å². The topological polar surface area (TPSA) is 80.0 Å². The monoisotopic (exact) mass is 368 g/mol. The summed E-state index contributed by atoms with van der Waals surface area (Å²) >= 11 is 1.73. The van der Waals surface area contributed by atoms with Crippen molar-refractivity contribution in [1.29, 1.82) is 0 Å². The van der Waals surface area contributed by atoms with E-state index in [1.807, 2.05) is 17.6 Å². The number of aliphatic carboxylic acids is 1. The zero-order valence-electron chi connectivity index (χ0n) is 14.7. The number of nitrogens with zero attached hydrogens (tertiary/aromatic N) is 3. The molecule has 0 saturated carbocycles. The maximum Gasteiger partial charge on any atom is 0.305 e. The minimum Gasteiger partial charge on any atom is -0.481 e. The van der Waals surface area contributed by atoms with Gasteiger partial charge in [0.25, 0.3) is 0 Å². The van der Waals surface area contributed by atoms with Gasteiger partial charge in [0.1, 0.15) is 10.8 Å². The van der Waals surface area contributed by atoms with Gasteiger partial charge in [-0.2, -0.15) is 0 Å². The molecule has 0 saturated heterocycles. The molecular formula is C19H20N4O2S. The highest BCUT2D eigenvalue weighted by Gasteiger charge is 2.30. The normalized spacial score (nSPS) is 16.0. The van der Waals surface area contributed by atoms with Gasteiger partial charge in [-0.3, -0.25) is 9.36 Å². The lowest BCUT2D eigenvalue weighted by Crippen LogP contribution is -2.24. The average Bonchev–Trinajstić information content (AvgIpc) is 3.08. The van der Waals surface area contributed by atoms with Gasteiger partial charge in [-0.25, -0.2) is 0 Å². The highest BCUT2D eigenvalue weighted by atomic mass is 32.1. The van der Waals surface area contributed by atoms with Gasteiger partial charge in [-0.1, -0.05) is 30.3 Å². The van der Waals surface area contributed by atoms with Crippen molar-refractivity contribution in [3.8, 4) is 5.00 Å². The van der Waals surface area contributed by atoms with Crippen molar-refractivity contribution in [1.82, 2.24) is 20.1 Å². The number of hydrogen-bond donors (Lipinski definition) is 2. The van der Waals surface area contributed by atoms with E-state index in [1.165, 1.54) is 21.6 Å². The lowest BCUT2D eigenvalue weighted by atomic mass is 10.0. The number of carboxylic acid groups (broad SMARTS) is 1. The summed E-state index contributed by atoms with van der Waals surface area (Å²) in [6.45, 7) is 4.68. The standard InChI is InChI=1S/C19H20N4O2S/c1-11-14(8-13-6-4-3-5-7-13)15-10-20-16(9-17(24)25)18-22-21-12(2)23(18)19(15)26-11/h3-7,16,20H,8-10H2,1-2H3,(H,24,25)/t16-/m0/s1. The van der Waals surface area contributed by atoms with Crippen molar-refractivity contribution in [3.63, 3.8) is 0 Å². The molecule has 7 heteroatoms. The zero-order valence-corrected chi connectivity index (χ0v) is 15.5. The molecule has 0 aliphatic carbocycles. The maximum atomic E-state index is 11.3. The van der Waals surface area contributed by atoms with Gasteiger partial charge in [-0.15, -0.1) is 21.5 Å². The molecule has 134 valence electrons. The van der Waals surface area contributed by atoms with Gasteiger partial charge in [0, 0.05) is 17.0 Å². The summed E-state index contributed by atoms with van der Waals surface area (Å²) in [6.07, 6.45) is 0.848. The quantitative estimate of drug-likeness (QED) is 0.739. The minimum atomic E-state index is -0.847. The summed E-state index contributed by atoms with van der Waals surface area (Å²) in [5, 5.41) is 22.2. The fourth-order valence-electron chi connectivity index (χ4n) is 3.51. The Labute approximate surface area is 155 Å². The molecule has 26 heavy (non-hydrogen) atoms. The second-order valence-corrected chi connectivity index (χ2v) is 7.76. The Morgan fingerprint density at radius 2 is 2.08 bits per heavy atom. The Balaban J connectivity index is 1.80. The Kier molecular flexibility index (Phi) is 4.34. The molecule has 0 bridgehead atoms. The predicted octanol–water partition coefficient (Wildman–Crippen LogP) is 3.16. The van der Waals surface area contributed by atoms with E-state index in [2.05, 4.69) is 46.7 Å². The van der Waals surface area contributed by atoms with Crippen LogP contribution in [0, 0.1) is 13.8 Å². The van der Waals surface area contributed by atoms with E-state index < -0.39 is 5.97 Å². The molecule has 1 aromatic carbocycles. The molecule has 1 aliphatic rings. The van der Waals surface area contributed by atoms with Crippen LogP contribution < -0.4 is 5.32 Å². The van der Waals surface area contributed by atoms with Crippen LogP contribution in [0.15, 0.2) is 30.3 Å². The molecule has 1 aliphatic heterocycles. The smallest absolute Gasteiger partial charge is 0.305 e. The molecule has 0 radical (unpaired) electrons. The summed E-state index contributed by atoms with van der Waals surface area (Å²) in [6, 6.07) is 10.1. The third-order valence-corrected chi connectivity index (χ3v) is 5.96. The molecule has 1 atom stereocenters. The van der Waals surface area contributed by atoms with E-state index in [0.717, 1.165) is 17.2 Å². The molecule has 0 spiro atoms. The van der Waals surface area contributed by atoms with Gasteiger partial charge in [0.05, 0.1) is 12.5 Å². The minimum absolute atomic E-state index is 0.0138. The maximum absolute atomic E-state index is 11.3. The van der Waals surface area contributed by atoms with Crippen molar-refractivity contribution >= 4 is 17.3 Å². The Bertz CT molecular complexity index is 962. The first-order valence-corrected chi connectivity index (χ1v) is 9.38. The lowest BCUT2D eigenvalue weighted by Gasteiger charge is -2.13. The third-order valence-electron chi connectivity index (χ3n) is 4.79. The number of hydrogen-bond acceptors (Lipinski definition) is 5. The van der Waals surface area contributed by atoms with E-state index in [1.54, 1.807) is 11.3 Å². The number of aromatic nitrogens is 3. The van der Waals surface area contributed by atoms with Crippen LogP contribution in [0.1, 0.15) is 45.7 Å². The molecule has 0 amide bonds. The fourth-order valence-corrected chi connectivity index (χ4v) is 4.76. The van der Waals surface area contributed by atoms with Crippen LogP contribution in [0.5, 0.6) is 0 Å². The Hall–Kier alpha value is -2.51. The largest absolute Gasteiger partial charge is 0.481 e. The molecule has 4 rings (SSSR count). The second kappa shape index (κ2) is 6.66. The number of carbonyl (C=O) groups is 1. The van der Waals surface area contributed by atoms with E-state index >= 15 is 0 Å². The van der Waals surface area contributed by atoms with Crippen molar-refractivity contribution in [2.45, 2.75) is 39.3 Å². The van der Waals surface area contributed by atoms with Gasteiger partial charge in [0.15, 0.2) is 5.82 Å².